The number of hydrogen-bond donors (Lipinski definition) is 1. The minimum Gasteiger partial charge on any atom is -0.494 e. The highest BCUT2D eigenvalue weighted by Gasteiger charge is 2.21. The maximum absolute atomic E-state index is 6.05. The van der Waals surface area contributed by atoms with Crippen molar-refractivity contribution in [3.05, 3.63) is 16.1 Å². The van der Waals surface area contributed by atoms with E-state index in [1.165, 1.54) is 11.9 Å². The summed E-state index contributed by atoms with van der Waals surface area (Å²) in [5.41, 5.74) is 0.683. The molecule has 0 aliphatic carbocycles. The molecule has 1 N–H and O–H groups in total. The third-order valence-corrected chi connectivity index (χ3v) is 4.22. The van der Waals surface area contributed by atoms with Gasteiger partial charge in [-0.1, -0.05) is 23.2 Å². The van der Waals surface area contributed by atoms with E-state index in [1.54, 1.807) is 13.2 Å². The van der Waals surface area contributed by atoms with Crippen LogP contribution in [0.3, 0.4) is 0 Å². The van der Waals surface area contributed by atoms with Crippen LogP contribution < -0.4 is 9.46 Å². The average Bonchev–Trinajstić information content (AvgIpc) is 2.23. The lowest BCUT2D eigenvalue weighted by molar-refractivity contribution is 0.415. The lowest BCUT2D eigenvalue weighted by Crippen LogP contribution is -2.11. The monoisotopic (exact) mass is 326 g/mol. The summed E-state index contributed by atoms with van der Waals surface area (Å²) in [6.45, 7) is 0. The molecule has 3 nitrogen and oxygen atoms in total. The van der Waals surface area contributed by atoms with Crippen LogP contribution in [0.25, 0.3) is 0 Å². The van der Waals surface area contributed by atoms with Gasteiger partial charge in [-0.05, 0) is 27.9 Å². The number of hydrogen-bond acceptors (Lipinski definition) is 4. The summed E-state index contributed by atoms with van der Waals surface area (Å²) < 4.78 is 8.75. The second-order valence-corrected chi connectivity index (χ2v) is 5.01. The van der Waals surface area contributed by atoms with Gasteiger partial charge in [-0.3, -0.25) is 0 Å². The minimum atomic E-state index is 0.454. The predicted octanol–water partition coefficient (Wildman–Crippen LogP) is 3.99. The molecule has 2 rings (SSSR count). The Kier molecular flexibility index (Phi) is 3.35. The number of nitrogens with one attached hydrogen (secondary N) is 1. The fraction of sp³-hybridized carbons (Fsp3) is 0.125. The second-order valence-electron chi connectivity index (χ2n) is 2.66. The van der Waals surface area contributed by atoms with E-state index in [9.17, 15) is 0 Å². The molecule has 0 unspecified atom stereocenters. The molecule has 1 heterocycles. The van der Waals surface area contributed by atoms with Crippen LogP contribution in [0.5, 0.6) is 5.75 Å². The van der Waals surface area contributed by atoms with Crippen molar-refractivity contribution in [3.63, 3.8) is 0 Å². The predicted molar refractivity (Wildman–Crippen MR) is 68.0 cm³/mol. The molecule has 1 aromatic carbocycles. The van der Waals surface area contributed by atoms with Crippen molar-refractivity contribution < 1.29 is 4.74 Å². The zero-order valence-electron chi connectivity index (χ0n) is 7.47. The highest BCUT2D eigenvalue weighted by molar-refractivity contribution is 9.18. The van der Waals surface area contributed by atoms with Crippen LogP contribution in [-0.2, 0) is 0 Å². The van der Waals surface area contributed by atoms with Crippen LogP contribution in [0.4, 0.5) is 5.69 Å². The first-order valence-corrected chi connectivity index (χ1v) is 6.23. The number of aliphatic imine (C=N–C) groups is 1. The molecule has 0 spiro atoms. The zero-order valence-corrected chi connectivity index (χ0v) is 11.4. The van der Waals surface area contributed by atoms with E-state index >= 15 is 0 Å². The molecule has 0 atom stereocenters. The summed E-state index contributed by atoms with van der Waals surface area (Å²) in [5.74, 6) is 0.602. The van der Waals surface area contributed by atoms with Gasteiger partial charge in [0, 0.05) is 6.07 Å². The zero-order chi connectivity index (χ0) is 11.0. The topological polar surface area (TPSA) is 33.6 Å². The smallest absolute Gasteiger partial charge is 0.181 e. The number of rotatable bonds is 1. The molecular formula is C8H5BrCl2N2OS. The van der Waals surface area contributed by atoms with Crippen LogP contribution in [0.2, 0.25) is 10.0 Å². The first kappa shape index (κ1) is 11.4. The van der Waals surface area contributed by atoms with Crippen molar-refractivity contribution in [1.29, 1.82) is 0 Å². The number of nitrogens with zero attached hydrogens (tertiary/aromatic N) is 1. The van der Waals surface area contributed by atoms with E-state index in [-0.39, 0.29) is 0 Å². The summed E-state index contributed by atoms with van der Waals surface area (Å²) in [6, 6.07) is 1.65. The van der Waals surface area contributed by atoms with Gasteiger partial charge in [-0.25, -0.2) is 4.99 Å². The SMILES string of the molecule is COc1cc(Cl)c(Cl)c2c1N=C(Br)NS2. The van der Waals surface area contributed by atoms with Crippen LogP contribution in [-0.4, -0.2) is 11.9 Å². The van der Waals surface area contributed by atoms with Gasteiger partial charge < -0.3 is 9.46 Å². The highest BCUT2D eigenvalue weighted by atomic mass is 79.9. The molecule has 80 valence electrons. The third kappa shape index (κ3) is 2.06. The first-order chi connectivity index (χ1) is 7.13. The molecule has 0 amide bonds. The van der Waals surface area contributed by atoms with Gasteiger partial charge in [0.1, 0.15) is 11.4 Å². The van der Waals surface area contributed by atoms with Crippen molar-refractivity contribution in [2.75, 3.05) is 7.11 Å². The summed E-state index contributed by atoms with van der Waals surface area (Å²) in [5, 5.41) is 0.934. The van der Waals surface area contributed by atoms with Gasteiger partial charge in [0.15, 0.2) is 4.74 Å². The van der Waals surface area contributed by atoms with Gasteiger partial charge in [-0.2, -0.15) is 0 Å². The number of benzene rings is 1. The summed E-state index contributed by atoms with van der Waals surface area (Å²) in [7, 11) is 1.57. The van der Waals surface area contributed by atoms with Crippen molar-refractivity contribution >= 4 is 61.5 Å². The number of halogens is 3. The van der Waals surface area contributed by atoms with Crippen LogP contribution in [0.15, 0.2) is 16.0 Å². The highest BCUT2D eigenvalue weighted by Crippen LogP contribution is 2.47. The van der Waals surface area contributed by atoms with Gasteiger partial charge in [0.05, 0.1) is 22.1 Å². The minimum absolute atomic E-state index is 0.454. The summed E-state index contributed by atoms with van der Waals surface area (Å²) >= 11 is 16.6. The first-order valence-electron chi connectivity index (χ1n) is 3.86. The quantitative estimate of drug-likeness (QED) is 0.625. The lowest BCUT2D eigenvalue weighted by atomic mass is 10.3. The number of methoxy groups -OCH3 is 1. The van der Waals surface area contributed by atoms with Crippen LogP contribution in [0, 0.1) is 0 Å². The van der Waals surface area contributed by atoms with Crippen molar-refractivity contribution in [3.8, 4) is 5.75 Å². The molecule has 1 aromatic rings. The summed E-state index contributed by atoms with van der Waals surface area (Å²) in [4.78, 5) is 5.02. The molecule has 7 heteroatoms. The maximum Gasteiger partial charge on any atom is 0.181 e. The summed E-state index contributed by atoms with van der Waals surface area (Å²) in [6.07, 6.45) is 0. The lowest BCUT2D eigenvalue weighted by Gasteiger charge is -2.17. The number of ether oxygens (including phenoxy) is 1. The Bertz CT molecular complexity index is 453. The molecule has 0 bridgehead atoms. The van der Waals surface area contributed by atoms with Gasteiger partial charge in [0.2, 0.25) is 0 Å². The fourth-order valence-corrected chi connectivity index (χ4v) is 2.74. The normalized spacial score (nSPS) is 14.0. The van der Waals surface area contributed by atoms with Crippen molar-refractivity contribution in [2.24, 2.45) is 4.99 Å². The van der Waals surface area contributed by atoms with E-state index in [0.29, 0.717) is 26.2 Å². The Morgan fingerprint density at radius 1 is 1.53 bits per heavy atom. The molecule has 0 fully saturated rings. The van der Waals surface area contributed by atoms with Gasteiger partial charge in [-0.15, -0.1) is 0 Å². The second kappa shape index (κ2) is 4.41. The largest absolute Gasteiger partial charge is 0.494 e. The molecular weight excluding hydrogens is 323 g/mol. The fourth-order valence-electron chi connectivity index (χ4n) is 1.14. The standard InChI is InChI=1S/C8H5BrCl2N2OS/c1-14-4-2-3(10)5(11)7-6(4)12-8(9)13-15-7/h2H,1H3,(H,12,13). The van der Waals surface area contributed by atoms with Crippen molar-refractivity contribution in [2.45, 2.75) is 4.90 Å². The molecule has 0 saturated carbocycles. The average molecular weight is 328 g/mol. The molecule has 1 aliphatic heterocycles. The van der Waals surface area contributed by atoms with E-state index in [0.717, 1.165) is 4.90 Å². The Labute approximate surface area is 109 Å². The third-order valence-electron chi connectivity index (χ3n) is 1.78. The number of amidine groups is 1. The Morgan fingerprint density at radius 3 is 2.93 bits per heavy atom. The van der Waals surface area contributed by atoms with Crippen LogP contribution in [0.1, 0.15) is 0 Å². The van der Waals surface area contributed by atoms with E-state index < -0.39 is 0 Å². The van der Waals surface area contributed by atoms with E-state index in [2.05, 4.69) is 25.6 Å². The number of fused-ring (bicyclic) bond motifs is 1. The maximum atomic E-state index is 6.05. The Morgan fingerprint density at radius 2 is 2.27 bits per heavy atom. The molecule has 1 aliphatic rings. The van der Waals surface area contributed by atoms with Crippen LogP contribution >= 0.6 is 51.1 Å². The molecule has 0 aromatic heterocycles. The van der Waals surface area contributed by atoms with Gasteiger partial charge in [0.25, 0.3) is 0 Å². The molecule has 15 heavy (non-hydrogen) atoms. The van der Waals surface area contributed by atoms with E-state index in [4.69, 9.17) is 27.9 Å². The Hall–Kier alpha value is -0.100. The van der Waals surface area contributed by atoms with Crippen molar-refractivity contribution in [1.82, 2.24) is 4.72 Å². The van der Waals surface area contributed by atoms with Gasteiger partial charge >= 0.3 is 0 Å². The molecule has 0 radical (unpaired) electrons. The van der Waals surface area contributed by atoms with E-state index in [1.807, 2.05) is 0 Å². The molecule has 0 saturated heterocycles. The Balaban J connectivity index is 2.68.